The number of oxazole rings is 1. The van der Waals surface area contributed by atoms with Gasteiger partial charge in [-0.15, -0.1) is 0 Å². The van der Waals surface area contributed by atoms with Gasteiger partial charge in [0.15, 0.2) is 17.1 Å². The van der Waals surface area contributed by atoms with E-state index in [9.17, 15) is 4.79 Å². The molecule has 0 aliphatic heterocycles. The van der Waals surface area contributed by atoms with Crippen LogP contribution in [0.15, 0.2) is 52.1 Å². The van der Waals surface area contributed by atoms with Gasteiger partial charge < -0.3 is 19.2 Å². The van der Waals surface area contributed by atoms with Gasteiger partial charge in [0.25, 0.3) is 5.22 Å². The first-order valence-electron chi connectivity index (χ1n) is 7.78. The third-order valence-corrected chi connectivity index (χ3v) is 4.18. The summed E-state index contributed by atoms with van der Waals surface area (Å²) in [5.74, 6) is 1.26. The molecule has 0 unspecified atom stereocenters. The van der Waals surface area contributed by atoms with E-state index in [-0.39, 0.29) is 11.7 Å². The van der Waals surface area contributed by atoms with Crippen LogP contribution < -0.4 is 14.8 Å². The largest absolute Gasteiger partial charge is 0.493 e. The van der Waals surface area contributed by atoms with Gasteiger partial charge in [-0.2, -0.15) is 0 Å². The molecule has 0 atom stereocenters. The first-order chi connectivity index (χ1) is 12.2. The summed E-state index contributed by atoms with van der Waals surface area (Å²) in [6.45, 7) is 2.45. The van der Waals surface area contributed by atoms with Gasteiger partial charge >= 0.3 is 0 Å². The van der Waals surface area contributed by atoms with Gasteiger partial charge in [-0.05, 0) is 31.2 Å². The van der Waals surface area contributed by atoms with E-state index in [1.807, 2.05) is 31.2 Å². The molecule has 7 heteroatoms. The lowest BCUT2D eigenvalue weighted by molar-refractivity contribution is -0.113. The average molecular weight is 358 g/mol. The van der Waals surface area contributed by atoms with Crippen LogP contribution in [-0.4, -0.2) is 30.4 Å². The predicted molar refractivity (Wildman–Crippen MR) is 97.5 cm³/mol. The molecule has 6 nitrogen and oxygen atoms in total. The molecule has 0 bridgehead atoms. The maximum Gasteiger partial charge on any atom is 0.257 e. The molecule has 1 aromatic heterocycles. The van der Waals surface area contributed by atoms with Crippen molar-refractivity contribution >= 4 is 34.5 Å². The third kappa shape index (κ3) is 4.24. The number of carbonyl (C=O) groups excluding carboxylic acids is 1. The quantitative estimate of drug-likeness (QED) is 0.644. The number of thioether (sulfide) groups is 1. The fourth-order valence-electron chi connectivity index (χ4n) is 2.26. The zero-order valence-corrected chi connectivity index (χ0v) is 14.8. The van der Waals surface area contributed by atoms with E-state index >= 15 is 0 Å². The van der Waals surface area contributed by atoms with Crippen molar-refractivity contribution in [3.8, 4) is 11.5 Å². The number of hydrogen-bond donors (Lipinski definition) is 1. The molecular formula is C18H18N2O4S. The van der Waals surface area contributed by atoms with Gasteiger partial charge in [0.05, 0.1) is 19.5 Å². The predicted octanol–water partition coefficient (Wildman–Crippen LogP) is 3.97. The Morgan fingerprint density at radius 3 is 2.84 bits per heavy atom. The molecule has 1 N–H and O–H groups in total. The Kier molecular flexibility index (Phi) is 5.45. The van der Waals surface area contributed by atoms with Gasteiger partial charge in [-0.25, -0.2) is 4.98 Å². The molecule has 130 valence electrons. The van der Waals surface area contributed by atoms with Crippen LogP contribution in [0.25, 0.3) is 11.1 Å². The van der Waals surface area contributed by atoms with E-state index in [1.165, 1.54) is 11.8 Å². The highest BCUT2D eigenvalue weighted by molar-refractivity contribution is 7.99. The van der Waals surface area contributed by atoms with Crippen molar-refractivity contribution < 1.29 is 18.7 Å². The Bertz CT molecular complexity index is 845. The first-order valence-corrected chi connectivity index (χ1v) is 8.77. The highest BCUT2D eigenvalue weighted by Gasteiger charge is 2.11. The minimum atomic E-state index is -0.154. The monoisotopic (exact) mass is 358 g/mol. The van der Waals surface area contributed by atoms with Crippen molar-refractivity contribution in [2.24, 2.45) is 0 Å². The molecule has 0 aliphatic rings. The maximum atomic E-state index is 12.1. The lowest BCUT2D eigenvalue weighted by Gasteiger charge is -2.11. The molecular weight excluding hydrogens is 340 g/mol. The highest BCUT2D eigenvalue weighted by Crippen LogP contribution is 2.30. The van der Waals surface area contributed by atoms with E-state index in [4.69, 9.17) is 13.9 Å². The summed E-state index contributed by atoms with van der Waals surface area (Å²) in [6, 6.07) is 12.8. The Balaban J connectivity index is 1.60. The fourth-order valence-corrected chi connectivity index (χ4v) is 2.90. The van der Waals surface area contributed by atoms with Crippen LogP contribution >= 0.6 is 11.8 Å². The van der Waals surface area contributed by atoms with Gasteiger partial charge in [0, 0.05) is 11.8 Å². The third-order valence-electron chi connectivity index (χ3n) is 3.35. The van der Waals surface area contributed by atoms with Crippen LogP contribution in [-0.2, 0) is 4.79 Å². The lowest BCUT2D eigenvalue weighted by atomic mass is 10.2. The van der Waals surface area contributed by atoms with Crippen LogP contribution in [0.3, 0.4) is 0 Å². The summed E-state index contributed by atoms with van der Waals surface area (Å²) in [5.41, 5.74) is 2.13. The number of nitrogens with one attached hydrogen (secondary N) is 1. The molecule has 0 aliphatic carbocycles. The Labute approximate surface area is 149 Å². The van der Waals surface area contributed by atoms with E-state index in [0.717, 1.165) is 5.52 Å². The summed E-state index contributed by atoms with van der Waals surface area (Å²) in [6.07, 6.45) is 0. The van der Waals surface area contributed by atoms with Crippen LogP contribution in [0.4, 0.5) is 5.69 Å². The standard InChI is InChI=1S/C18H18N2O4S/c1-3-23-15-9-8-12(10-16(15)22-2)19-17(21)11-25-18-20-13-6-4-5-7-14(13)24-18/h4-10H,3,11H2,1-2H3,(H,19,21). The smallest absolute Gasteiger partial charge is 0.257 e. The number of rotatable bonds is 7. The molecule has 1 amide bonds. The van der Waals surface area contributed by atoms with Crippen LogP contribution in [0, 0.1) is 0 Å². The van der Waals surface area contributed by atoms with Gasteiger partial charge in [0.2, 0.25) is 5.91 Å². The van der Waals surface area contributed by atoms with E-state index in [1.54, 1.807) is 25.3 Å². The van der Waals surface area contributed by atoms with Crippen molar-refractivity contribution in [3.63, 3.8) is 0 Å². The number of amides is 1. The minimum Gasteiger partial charge on any atom is -0.493 e. The molecule has 0 saturated carbocycles. The number of ether oxygens (including phenoxy) is 2. The number of fused-ring (bicyclic) bond motifs is 1. The summed E-state index contributed by atoms with van der Waals surface area (Å²) in [7, 11) is 1.56. The summed E-state index contributed by atoms with van der Waals surface area (Å²) in [5, 5.41) is 3.30. The lowest BCUT2D eigenvalue weighted by Crippen LogP contribution is -2.14. The second-order valence-corrected chi connectivity index (χ2v) is 6.01. The molecule has 25 heavy (non-hydrogen) atoms. The van der Waals surface area contributed by atoms with Gasteiger partial charge in [-0.1, -0.05) is 23.9 Å². The number of benzene rings is 2. The second kappa shape index (κ2) is 7.94. The van der Waals surface area contributed by atoms with Crippen molar-refractivity contribution in [3.05, 3.63) is 42.5 Å². The van der Waals surface area contributed by atoms with Crippen molar-refractivity contribution in [2.45, 2.75) is 12.1 Å². The molecule has 2 aromatic carbocycles. The number of carbonyl (C=O) groups is 1. The summed E-state index contributed by atoms with van der Waals surface area (Å²) < 4.78 is 16.3. The molecule has 0 spiro atoms. The van der Waals surface area contributed by atoms with E-state index in [0.29, 0.717) is 34.6 Å². The molecule has 3 aromatic rings. The zero-order chi connectivity index (χ0) is 17.6. The Hall–Kier alpha value is -2.67. The number of aromatic nitrogens is 1. The van der Waals surface area contributed by atoms with Crippen molar-refractivity contribution in [2.75, 3.05) is 24.8 Å². The van der Waals surface area contributed by atoms with E-state index in [2.05, 4.69) is 10.3 Å². The highest BCUT2D eigenvalue weighted by atomic mass is 32.2. The molecule has 0 radical (unpaired) electrons. The summed E-state index contributed by atoms with van der Waals surface area (Å²) in [4.78, 5) is 16.5. The normalized spacial score (nSPS) is 10.6. The van der Waals surface area contributed by atoms with Crippen molar-refractivity contribution in [1.82, 2.24) is 4.98 Å². The number of methoxy groups -OCH3 is 1. The molecule has 0 fully saturated rings. The summed E-state index contributed by atoms with van der Waals surface area (Å²) >= 11 is 1.25. The topological polar surface area (TPSA) is 73.6 Å². The number of hydrogen-bond acceptors (Lipinski definition) is 6. The minimum absolute atomic E-state index is 0.154. The van der Waals surface area contributed by atoms with Crippen LogP contribution in [0.5, 0.6) is 11.5 Å². The van der Waals surface area contributed by atoms with Gasteiger partial charge in [-0.3, -0.25) is 4.79 Å². The van der Waals surface area contributed by atoms with E-state index < -0.39 is 0 Å². The van der Waals surface area contributed by atoms with Crippen LogP contribution in [0.1, 0.15) is 6.92 Å². The number of anilines is 1. The van der Waals surface area contributed by atoms with Gasteiger partial charge in [0.1, 0.15) is 5.52 Å². The SMILES string of the molecule is CCOc1ccc(NC(=O)CSc2nc3ccccc3o2)cc1OC. The fraction of sp³-hybridized carbons (Fsp3) is 0.222. The maximum absolute atomic E-state index is 12.1. The Morgan fingerprint density at radius 1 is 1.24 bits per heavy atom. The first kappa shape index (κ1) is 17.2. The molecule has 3 rings (SSSR count). The molecule has 0 saturated heterocycles. The Morgan fingerprint density at radius 2 is 2.08 bits per heavy atom. The van der Waals surface area contributed by atoms with Crippen molar-refractivity contribution in [1.29, 1.82) is 0 Å². The number of para-hydroxylation sites is 2. The molecule has 1 heterocycles. The average Bonchev–Trinajstić information content (AvgIpc) is 3.04. The number of nitrogens with zero attached hydrogens (tertiary/aromatic N) is 1. The second-order valence-electron chi connectivity index (χ2n) is 5.08. The van der Waals surface area contributed by atoms with Crippen LogP contribution in [0.2, 0.25) is 0 Å². The zero-order valence-electron chi connectivity index (χ0n) is 13.9.